The number of nitrogens with zero attached hydrogens (tertiary/aromatic N) is 4. The SMILES string of the molecule is Cc1nc(-c2ccccc2)c(-c2nc(C3CNCCN3C)no2)s1.Cl. The molecule has 25 heavy (non-hydrogen) atoms. The van der Waals surface area contributed by atoms with Crippen LogP contribution in [0.2, 0.25) is 0 Å². The Kier molecular flexibility index (Phi) is 5.48. The molecular formula is C17H20ClN5OS. The minimum Gasteiger partial charge on any atom is -0.333 e. The normalized spacial score (nSPS) is 18.1. The summed E-state index contributed by atoms with van der Waals surface area (Å²) in [5, 5.41) is 8.59. The second-order valence-corrected chi connectivity index (χ2v) is 7.14. The molecular weight excluding hydrogens is 358 g/mol. The lowest BCUT2D eigenvalue weighted by Crippen LogP contribution is -2.44. The number of halogens is 1. The van der Waals surface area contributed by atoms with Crippen LogP contribution in [0, 0.1) is 6.92 Å². The van der Waals surface area contributed by atoms with E-state index in [1.807, 2.05) is 37.3 Å². The molecule has 132 valence electrons. The van der Waals surface area contributed by atoms with Crippen molar-refractivity contribution in [3.63, 3.8) is 0 Å². The van der Waals surface area contributed by atoms with Crippen molar-refractivity contribution < 1.29 is 4.52 Å². The van der Waals surface area contributed by atoms with Crippen molar-refractivity contribution in [3.05, 3.63) is 41.2 Å². The molecule has 0 saturated carbocycles. The standard InChI is InChI=1S/C17H19N5OS.ClH/c1-11-19-14(12-6-4-3-5-7-12)15(24-11)17-20-16(21-23-17)13-10-18-8-9-22(13)2;/h3-7,13,18H,8-10H2,1-2H3;1H. The first-order valence-corrected chi connectivity index (χ1v) is 8.82. The molecule has 1 aliphatic heterocycles. The molecule has 3 heterocycles. The summed E-state index contributed by atoms with van der Waals surface area (Å²) in [6.07, 6.45) is 0. The fourth-order valence-electron chi connectivity index (χ4n) is 2.92. The van der Waals surface area contributed by atoms with E-state index in [-0.39, 0.29) is 18.4 Å². The Morgan fingerprint density at radius 1 is 1.24 bits per heavy atom. The Hall–Kier alpha value is -1.80. The first kappa shape index (κ1) is 18.0. The highest BCUT2D eigenvalue weighted by Gasteiger charge is 2.27. The molecule has 3 aromatic rings. The lowest BCUT2D eigenvalue weighted by Gasteiger charge is -2.30. The van der Waals surface area contributed by atoms with Crippen molar-refractivity contribution in [3.8, 4) is 22.0 Å². The van der Waals surface area contributed by atoms with Crippen LogP contribution in [0.25, 0.3) is 22.0 Å². The van der Waals surface area contributed by atoms with Gasteiger partial charge in [0.05, 0.1) is 16.7 Å². The number of thiazole rings is 1. The van der Waals surface area contributed by atoms with E-state index in [0.29, 0.717) is 5.89 Å². The van der Waals surface area contributed by atoms with E-state index in [2.05, 4.69) is 32.4 Å². The van der Waals surface area contributed by atoms with Crippen molar-refractivity contribution in [2.45, 2.75) is 13.0 Å². The molecule has 0 amide bonds. The number of nitrogens with one attached hydrogen (secondary N) is 1. The van der Waals surface area contributed by atoms with Gasteiger partial charge in [-0.05, 0) is 14.0 Å². The third-order valence-corrected chi connectivity index (χ3v) is 5.19. The molecule has 0 bridgehead atoms. The van der Waals surface area contributed by atoms with E-state index in [1.165, 1.54) is 0 Å². The lowest BCUT2D eigenvalue weighted by atomic mass is 10.1. The minimum absolute atomic E-state index is 0. The average molecular weight is 378 g/mol. The van der Waals surface area contributed by atoms with Crippen molar-refractivity contribution in [1.82, 2.24) is 25.3 Å². The van der Waals surface area contributed by atoms with Crippen LogP contribution in [0.3, 0.4) is 0 Å². The molecule has 8 heteroatoms. The molecule has 2 aromatic heterocycles. The molecule has 1 aromatic carbocycles. The van der Waals surface area contributed by atoms with Gasteiger partial charge in [0.25, 0.3) is 5.89 Å². The van der Waals surface area contributed by atoms with Crippen molar-refractivity contribution >= 4 is 23.7 Å². The Morgan fingerprint density at radius 3 is 2.80 bits per heavy atom. The molecule has 4 rings (SSSR count). The Morgan fingerprint density at radius 2 is 2.04 bits per heavy atom. The van der Waals surface area contributed by atoms with E-state index < -0.39 is 0 Å². The molecule has 0 aliphatic carbocycles. The van der Waals surface area contributed by atoms with Gasteiger partial charge in [-0.1, -0.05) is 35.5 Å². The van der Waals surface area contributed by atoms with Crippen molar-refractivity contribution in [2.24, 2.45) is 0 Å². The minimum atomic E-state index is 0. The zero-order chi connectivity index (χ0) is 16.5. The van der Waals surface area contributed by atoms with Crippen LogP contribution in [0.5, 0.6) is 0 Å². The number of rotatable bonds is 3. The quantitative estimate of drug-likeness (QED) is 0.756. The highest BCUT2D eigenvalue weighted by atomic mass is 35.5. The van der Waals surface area contributed by atoms with Crippen LogP contribution in [-0.4, -0.2) is 46.7 Å². The molecule has 1 N–H and O–H groups in total. The van der Waals surface area contributed by atoms with Gasteiger partial charge in [-0.25, -0.2) is 4.98 Å². The van der Waals surface area contributed by atoms with Gasteiger partial charge in [-0.3, -0.25) is 4.90 Å². The average Bonchev–Trinajstić information content (AvgIpc) is 3.23. The Labute approximate surface area is 156 Å². The van der Waals surface area contributed by atoms with Gasteiger partial charge in [0.1, 0.15) is 4.88 Å². The van der Waals surface area contributed by atoms with Gasteiger partial charge in [0, 0.05) is 25.2 Å². The Bertz CT molecular complexity index is 835. The third-order valence-electron chi connectivity index (χ3n) is 4.23. The smallest absolute Gasteiger partial charge is 0.270 e. The highest BCUT2D eigenvalue weighted by molar-refractivity contribution is 7.15. The van der Waals surface area contributed by atoms with Gasteiger partial charge >= 0.3 is 0 Å². The largest absolute Gasteiger partial charge is 0.333 e. The van der Waals surface area contributed by atoms with Crippen LogP contribution in [0.4, 0.5) is 0 Å². The van der Waals surface area contributed by atoms with Crippen LogP contribution >= 0.6 is 23.7 Å². The van der Waals surface area contributed by atoms with Gasteiger partial charge < -0.3 is 9.84 Å². The number of benzene rings is 1. The first-order valence-electron chi connectivity index (χ1n) is 8.00. The molecule has 0 radical (unpaired) electrons. The second-order valence-electron chi connectivity index (χ2n) is 5.93. The number of aryl methyl sites for hydroxylation is 1. The zero-order valence-corrected chi connectivity index (χ0v) is 15.7. The van der Waals surface area contributed by atoms with E-state index >= 15 is 0 Å². The predicted octanol–water partition coefficient (Wildman–Crippen LogP) is 3.17. The van der Waals surface area contributed by atoms with Crippen LogP contribution in [0.15, 0.2) is 34.9 Å². The number of piperazine rings is 1. The molecule has 6 nitrogen and oxygen atoms in total. The van der Waals surface area contributed by atoms with E-state index in [4.69, 9.17) is 4.52 Å². The third kappa shape index (κ3) is 3.59. The highest BCUT2D eigenvalue weighted by Crippen LogP contribution is 2.36. The fourth-order valence-corrected chi connectivity index (χ4v) is 3.78. The van der Waals surface area contributed by atoms with Crippen LogP contribution in [-0.2, 0) is 0 Å². The summed E-state index contributed by atoms with van der Waals surface area (Å²) in [5.41, 5.74) is 1.97. The van der Waals surface area contributed by atoms with E-state index in [9.17, 15) is 0 Å². The number of likely N-dealkylation sites (N-methyl/N-ethyl adjacent to an activating group) is 1. The number of hydrogen-bond donors (Lipinski definition) is 1. The molecule has 1 aliphatic rings. The molecule has 0 spiro atoms. The summed E-state index contributed by atoms with van der Waals surface area (Å²) in [7, 11) is 2.09. The van der Waals surface area contributed by atoms with Gasteiger partial charge in [0.2, 0.25) is 0 Å². The summed E-state index contributed by atoms with van der Waals surface area (Å²) < 4.78 is 5.58. The topological polar surface area (TPSA) is 67.1 Å². The van der Waals surface area contributed by atoms with Crippen molar-refractivity contribution in [2.75, 3.05) is 26.7 Å². The van der Waals surface area contributed by atoms with E-state index in [0.717, 1.165) is 46.6 Å². The summed E-state index contributed by atoms with van der Waals surface area (Å²) >= 11 is 1.59. The maximum Gasteiger partial charge on any atom is 0.270 e. The van der Waals surface area contributed by atoms with Gasteiger partial charge in [-0.2, -0.15) is 4.98 Å². The molecule has 1 saturated heterocycles. The second kappa shape index (κ2) is 7.61. The maximum absolute atomic E-state index is 5.58. The zero-order valence-electron chi connectivity index (χ0n) is 14.1. The Balaban J connectivity index is 0.00000182. The van der Waals surface area contributed by atoms with Crippen LogP contribution < -0.4 is 5.32 Å². The molecule has 1 fully saturated rings. The summed E-state index contributed by atoms with van der Waals surface area (Å²) in [6.45, 7) is 4.80. The number of hydrogen-bond acceptors (Lipinski definition) is 7. The maximum atomic E-state index is 5.58. The predicted molar refractivity (Wildman–Crippen MR) is 101 cm³/mol. The van der Waals surface area contributed by atoms with Gasteiger partial charge in [0.15, 0.2) is 5.82 Å². The summed E-state index contributed by atoms with van der Waals surface area (Å²) in [5.74, 6) is 1.28. The summed E-state index contributed by atoms with van der Waals surface area (Å²) in [4.78, 5) is 12.5. The first-order chi connectivity index (χ1) is 11.7. The molecule has 1 unspecified atom stereocenters. The van der Waals surface area contributed by atoms with Gasteiger partial charge in [-0.15, -0.1) is 23.7 Å². The van der Waals surface area contributed by atoms with E-state index in [1.54, 1.807) is 11.3 Å². The van der Waals surface area contributed by atoms with Crippen molar-refractivity contribution in [1.29, 1.82) is 0 Å². The summed E-state index contributed by atoms with van der Waals surface area (Å²) in [6, 6.07) is 10.3. The van der Waals surface area contributed by atoms with Crippen LogP contribution in [0.1, 0.15) is 16.9 Å². The molecule has 1 atom stereocenters. The monoisotopic (exact) mass is 377 g/mol. The number of aromatic nitrogens is 3. The lowest BCUT2D eigenvalue weighted by molar-refractivity contribution is 0.190. The fraction of sp³-hybridized carbons (Fsp3) is 0.353.